The Kier molecular flexibility index (Phi) is 4.68. The maximum atomic E-state index is 11.5. The van der Waals surface area contributed by atoms with Gasteiger partial charge in [0.05, 0.1) is 18.5 Å². The lowest BCUT2D eigenvalue weighted by Gasteiger charge is -2.07. The van der Waals surface area contributed by atoms with Crippen LogP contribution >= 0.6 is 11.8 Å². The van der Waals surface area contributed by atoms with E-state index in [-0.39, 0.29) is 5.56 Å². The second-order valence-electron chi connectivity index (χ2n) is 4.38. The lowest BCUT2D eigenvalue weighted by atomic mass is 10.4. The van der Waals surface area contributed by atoms with Crippen molar-refractivity contribution >= 4 is 17.7 Å². The van der Waals surface area contributed by atoms with Crippen LogP contribution in [0.1, 0.15) is 25.3 Å². The van der Waals surface area contributed by atoms with Crippen molar-refractivity contribution in [3.63, 3.8) is 0 Å². The standard InChI is InChI=1S/C13H17N3O2S/c1-9(2)19-8-10-6-12(17)16-13(15-10)14-7-11-4-3-5-18-11/h3-6,9H,7-8H2,1-2H3,(H2,14,15,16,17). The Bertz CT molecular complexity index is 564. The second kappa shape index (κ2) is 6.47. The van der Waals surface area contributed by atoms with Crippen LogP contribution in [0, 0.1) is 0 Å². The highest BCUT2D eigenvalue weighted by Crippen LogP contribution is 2.15. The number of furan rings is 1. The Balaban J connectivity index is 2.01. The first-order valence-corrected chi connectivity index (χ1v) is 7.16. The number of H-pyrrole nitrogens is 1. The van der Waals surface area contributed by atoms with Crippen LogP contribution in [0.3, 0.4) is 0 Å². The predicted molar refractivity (Wildman–Crippen MR) is 77.3 cm³/mol. The molecule has 0 radical (unpaired) electrons. The topological polar surface area (TPSA) is 70.9 Å². The third kappa shape index (κ3) is 4.48. The zero-order chi connectivity index (χ0) is 13.7. The number of nitrogens with zero attached hydrogens (tertiary/aromatic N) is 1. The summed E-state index contributed by atoms with van der Waals surface area (Å²) in [6, 6.07) is 5.22. The van der Waals surface area contributed by atoms with E-state index in [0.717, 1.165) is 17.2 Å². The van der Waals surface area contributed by atoms with Gasteiger partial charge in [0.15, 0.2) is 0 Å². The Labute approximate surface area is 115 Å². The summed E-state index contributed by atoms with van der Waals surface area (Å²) in [4.78, 5) is 18.6. The Morgan fingerprint density at radius 1 is 1.53 bits per heavy atom. The Hall–Kier alpha value is -1.69. The third-order valence-electron chi connectivity index (χ3n) is 2.37. The summed E-state index contributed by atoms with van der Waals surface area (Å²) in [5.41, 5.74) is 0.640. The summed E-state index contributed by atoms with van der Waals surface area (Å²) in [5.74, 6) is 2.00. The highest BCUT2D eigenvalue weighted by atomic mass is 32.2. The molecule has 0 aliphatic rings. The van der Waals surface area contributed by atoms with E-state index in [9.17, 15) is 4.79 Å². The average Bonchev–Trinajstić information content (AvgIpc) is 2.86. The molecule has 0 amide bonds. The van der Waals surface area contributed by atoms with Gasteiger partial charge in [-0.25, -0.2) is 4.98 Å². The monoisotopic (exact) mass is 279 g/mol. The number of hydrogen-bond donors (Lipinski definition) is 2. The minimum Gasteiger partial charge on any atom is -0.467 e. The van der Waals surface area contributed by atoms with E-state index in [4.69, 9.17) is 4.42 Å². The fraction of sp³-hybridized carbons (Fsp3) is 0.385. The van der Waals surface area contributed by atoms with Crippen LogP contribution in [0.5, 0.6) is 0 Å². The minimum atomic E-state index is -0.142. The average molecular weight is 279 g/mol. The number of aromatic nitrogens is 2. The van der Waals surface area contributed by atoms with Crippen molar-refractivity contribution in [1.82, 2.24) is 9.97 Å². The number of anilines is 1. The summed E-state index contributed by atoms with van der Waals surface area (Å²) in [7, 11) is 0. The van der Waals surface area contributed by atoms with E-state index in [2.05, 4.69) is 29.1 Å². The molecule has 5 nitrogen and oxygen atoms in total. The molecular formula is C13H17N3O2S. The summed E-state index contributed by atoms with van der Waals surface area (Å²) in [6.45, 7) is 4.73. The van der Waals surface area contributed by atoms with Crippen molar-refractivity contribution in [2.24, 2.45) is 0 Å². The zero-order valence-electron chi connectivity index (χ0n) is 11.0. The molecule has 19 heavy (non-hydrogen) atoms. The highest BCUT2D eigenvalue weighted by molar-refractivity contribution is 7.99. The summed E-state index contributed by atoms with van der Waals surface area (Å²) < 4.78 is 5.21. The quantitative estimate of drug-likeness (QED) is 0.850. The maximum absolute atomic E-state index is 11.5. The van der Waals surface area contributed by atoms with Crippen molar-refractivity contribution in [3.05, 3.63) is 46.3 Å². The molecule has 2 heterocycles. The number of hydrogen-bond acceptors (Lipinski definition) is 5. The molecule has 2 rings (SSSR count). The van der Waals surface area contributed by atoms with Gasteiger partial charge in [-0.3, -0.25) is 9.78 Å². The molecule has 6 heteroatoms. The largest absolute Gasteiger partial charge is 0.467 e. The van der Waals surface area contributed by atoms with E-state index in [1.165, 1.54) is 6.07 Å². The lowest BCUT2D eigenvalue weighted by molar-refractivity contribution is 0.517. The zero-order valence-corrected chi connectivity index (χ0v) is 11.8. The van der Waals surface area contributed by atoms with Gasteiger partial charge in [-0.15, -0.1) is 0 Å². The highest BCUT2D eigenvalue weighted by Gasteiger charge is 2.04. The lowest BCUT2D eigenvalue weighted by Crippen LogP contribution is -2.13. The molecule has 0 aromatic carbocycles. The van der Waals surface area contributed by atoms with Crippen molar-refractivity contribution in [3.8, 4) is 0 Å². The van der Waals surface area contributed by atoms with Crippen LogP contribution in [0.2, 0.25) is 0 Å². The van der Waals surface area contributed by atoms with E-state index >= 15 is 0 Å². The Morgan fingerprint density at radius 3 is 3.05 bits per heavy atom. The molecule has 0 unspecified atom stereocenters. The van der Waals surface area contributed by atoms with Crippen molar-refractivity contribution in [2.75, 3.05) is 5.32 Å². The van der Waals surface area contributed by atoms with Gasteiger partial charge in [-0.2, -0.15) is 11.8 Å². The first-order valence-electron chi connectivity index (χ1n) is 6.11. The molecule has 0 spiro atoms. The number of thioether (sulfide) groups is 1. The first kappa shape index (κ1) is 13.7. The van der Waals surface area contributed by atoms with Crippen LogP contribution in [-0.4, -0.2) is 15.2 Å². The van der Waals surface area contributed by atoms with Crippen molar-refractivity contribution < 1.29 is 4.42 Å². The van der Waals surface area contributed by atoms with Gasteiger partial charge in [0, 0.05) is 11.8 Å². The number of nitrogens with one attached hydrogen (secondary N) is 2. The van der Waals surface area contributed by atoms with Crippen LogP contribution in [0.4, 0.5) is 5.95 Å². The number of rotatable bonds is 6. The molecule has 2 N–H and O–H groups in total. The van der Waals surface area contributed by atoms with E-state index in [1.54, 1.807) is 18.0 Å². The normalized spacial score (nSPS) is 10.9. The fourth-order valence-corrected chi connectivity index (χ4v) is 2.15. The van der Waals surface area contributed by atoms with Gasteiger partial charge in [0.2, 0.25) is 5.95 Å². The van der Waals surface area contributed by atoms with E-state index < -0.39 is 0 Å². The van der Waals surface area contributed by atoms with Crippen LogP contribution in [-0.2, 0) is 12.3 Å². The molecular weight excluding hydrogens is 262 g/mol. The van der Waals surface area contributed by atoms with Gasteiger partial charge in [0.25, 0.3) is 5.56 Å². The summed E-state index contributed by atoms with van der Waals surface area (Å²) in [5, 5.41) is 3.56. The summed E-state index contributed by atoms with van der Waals surface area (Å²) >= 11 is 1.76. The molecule has 0 aliphatic carbocycles. The number of aromatic amines is 1. The van der Waals surface area contributed by atoms with Gasteiger partial charge < -0.3 is 9.73 Å². The van der Waals surface area contributed by atoms with E-state index in [1.807, 2.05) is 12.1 Å². The molecule has 0 atom stereocenters. The Morgan fingerprint density at radius 2 is 2.37 bits per heavy atom. The molecule has 0 bridgehead atoms. The van der Waals surface area contributed by atoms with Crippen molar-refractivity contribution in [1.29, 1.82) is 0 Å². The van der Waals surface area contributed by atoms with Gasteiger partial charge in [-0.1, -0.05) is 13.8 Å². The van der Waals surface area contributed by atoms with Gasteiger partial charge >= 0.3 is 0 Å². The van der Waals surface area contributed by atoms with Crippen LogP contribution in [0.25, 0.3) is 0 Å². The van der Waals surface area contributed by atoms with Gasteiger partial charge in [-0.05, 0) is 17.4 Å². The predicted octanol–water partition coefficient (Wildman–Crippen LogP) is 2.62. The second-order valence-corrected chi connectivity index (χ2v) is 5.94. The first-order chi connectivity index (χ1) is 9.13. The van der Waals surface area contributed by atoms with Crippen LogP contribution < -0.4 is 10.9 Å². The minimum absolute atomic E-state index is 0.142. The maximum Gasteiger partial charge on any atom is 0.252 e. The molecule has 0 saturated heterocycles. The summed E-state index contributed by atoms with van der Waals surface area (Å²) in [6.07, 6.45) is 1.61. The SMILES string of the molecule is CC(C)SCc1cc(=O)[nH]c(NCc2ccco2)n1. The molecule has 0 saturated carbocycles. The molecule has 0 aliphatic heterocycles. The molecule has 0 fully saturated rings. The molecule has 102 valence electrons. The smallest absolute Gasteiger partial charge is 0.252 e. The fourth-order valence-electron chi connectivity index (χ4n) is 1.50. The third-order valence-corrected chi connectivity index (χ3v) is 3.50. The van der Waals surface area contributed by atoms with E-state index in [0.29, 0.717) is 17.7 Å². The van der Waals surface area contributed by atoms with Crippen LogP contribution in [0.15, 0.2) is 33.7 Å². The molecule has 2 aromatic rings. The van der Waals surface area contributed by atoms with Crippen molar-refractivity contribution in [2.45, 2.75) is 31.4 Å². The molecule has 2 aromatic heterocycles. The van der Waals surface area contributed by atoms with Gasteiger partial charge in [0.1, 0.15) is 5.76 Å².